The number of thioether (sulfide) groups is 1. The quantitative estimate of drug-likeness (QED) is 0.260. The molecule has 0 aliphatic heterocycles. The lowest BCUT2D eigenvalue weighted by atomic mass is 10.1. The summed E-state index contributed by atoms with van der Waals surface area (Å²) in [6.07, 6.45) is 0. The third-order valence-electron chi connectivity index (χ3n) is 4.56. The minimum Gasteiger partial charge on any atom is -0.366 e. The number of nitrogens with two attached hydrogens (primary N) is 1. The molecule has 9 nitrogen and oxygen atoms in total. The van der Waals surface area contributed by atoms with Gasteiger partial charge in [-0.3, -0.25) is 24.5 Å². The van der Waals surface area contributed by atoms with Gasteiger partial charge in [0.25, 0.3) is 17.5 Å². The largest absolute Gasteiger partial charge is 0.366 e. The molecule has 0 spiro atoms. The van der Waals surface area contributed by atoms with Gasteiger partial charge in [0, 0.05) is 28.3 Å². The molecule has 3 aromatic carbocycles. The molecule has 168 valence electrons. The number of hydrogen-bond donors (Lipinski definition) is 3. The summed E-state index contributed by atoms with van der Waals surface area (Å²) < 4.78 is 0. The number of primary amides is 1. The van der Waals surface area contributed by atoms with Gasteiger partial charge in [-0.25, -0.2) is 0 Å². The normalized spacial score (nSPS) is 11.3. The Morgan fingerprint density at radius 3 is 2.33 bits per heavy atom. The highest BCUT2D eigenvalue weighted by Gasteiger charge is 2.18. The number of carbonyl (C=O) groups is 3. The standard InChI is InChI=1S/C23H20N4O5S/c1-14(22(29)26-20-8-3-2-7-19(20)21(24)28)33-18-6-4-5-16(13-18)25-23(30)15-9-11-17(12-10-15)27(31)32/h2-14H,1H3,(H2,24,28)(H,25,30)(H,26,29). The first-order valence-corrected chi connectivity index (χ1v) is 10.6. The van der Waals surface area contributed by atoms with Crippen LogP contribution in [0.4, 0.5) is 17.1 Å². The van der Waals surface area contributed by atoms with Gasteiger partial charge in [0.15, 0.2) is 0 Å². The van der Waals surface area contributed by atoms with Gasteiger partial charge in [0.05, 0.1) is 21.4 Å². The number of hydrogen-bond acceptors (Lipinski definition) is 6. The Hall–Kier alpha value is -4.18. The van der Waals surface area contributed by atoms with E-state index in [4.69, 9.17) is 5.73 Å². The van der Waals surface area contributed by atoms with Crippen molar-refractivity contribution in [3.63, 3.8) is 0 Å². The summed E-state index contributed by atoms with van der Waals surface area (Å²) in [5.74, 6) is -1.36. The van der Waals surface area contributed by atoms with Crippen molar-refractivity contribution in [3.05, 3.63) is 94.0 Å². The molecular weight excluding hydrogens is 444 g/mol. The van der Waals surface area contributed by atoms with E-state index in [1.165, 1.54) is 42.1 Å². The van der Waals surface area contributed by atoms with Gasteiger partial charge in [0.2, 0.25) is 5.91 Å². The molecule has 0 radical (unpaired) electrons. The van der Waals surface area contributed by atoms with Crippen molar-refractivity contribution in [2.24, 2.45) is 5.73 Å². The number of nitro groups is 1. The molecular formula is C23H20N4O5S. The summed E-state index contributed by atoms with van der Waals surface area (Å²) in [6.45, 7) is 1.72. The number of para-hydroxylation sites is 1. The molecule has 0 aliphatic rings. The molecule has 0 aliphatic carbocycles. The number of benzene rings is 3. The van der Waals surface area contributed by atoms with Crippen LogP contribution in [-0.4, -0.2) is 27.9 Å². The lowest BCUT2D eigenvalue weighted by molar-refractivity contribution is -0.384. The Labute approximate surface area is 193 Å². The molecule has 0 fully saturated rings. The van der Waals surface area contributed by atoms with Crippen LogP contribution in [0.25, 0.3) is 0 Å². The van der Waals surface area contributed by atoms with Crippen LogP contribution >= 0.6 is 11.8 Å². The van der Waals surface area contributed by atoms with Crippen LogP contribution in [0, 0.1) is 10.1 Å². The number of nitro benzene ring substituents is 1. The van der Waals surface area contributed by atoms with Crippen LogP contribution in [0.3, 0.4) is 0 Å². The molecule has 3 aromatic rings. The Morgan fingerprint density at radius 2 is 1.67 bits per heavy atom. The number of nitrogens with one attached hydrogen (secondary N) is 2. The molecule has 1 unspecified atom stereocenters. The monoisotopic (exact) mass is 464 g/mol. The SMILES string of the molecule is CC(Sc1cccc(NC(=O)c2ccc([N+](=O)[O-])cc2)c1)C(=O)Nc1ccccc1C(N)=O. The highest BCUT2D eigenvalue weighted by Crippen LogP contribution is 2.27. The van der Waals surface area contributed by atoms with E-state index in [9.17, 15) is 24.5 Å². The average molecular weight is 465 g/mol. The predicted molar refractivity (Wildman–Crippen MR) is 126 cm³/mol. The highest BCUT2D eigenvalue weighted by molar-refractivity contribution is 8.00. The number of carbonyl (C=O) groups excluding carboxylic acids is 3. The van der Waals surface area contributed by atoms with Crippen LogP contribution in [0.1, 0.15) is 27.6 Å². The molecule has 4 N–H and O–H groups in total. The van der Waals surface area contributed by atoms with Crippen molar-refractivity contribution in [3.8, 4) is 0 Å². The van der Waals surface area contributed by atoms with E-state index in [0.29, 0.717) is 11.4 Å². The zero-order chi connectivity index (χ0) is 24.0. The third kappa shape index (κ3) is 6.17. The van der Waals surface area contributed by atoms with E-state index in [1.54, 1.807) is 49.4 Å². The molecule has 10 heteroatoms. The molecule has 3 rings (SSSR count). The zero-order valence-electron chi connectivity index (χ0n) is 17.5. The average Bonchev–Trinajstić information content (AvgIpc) is 2.79. The molecule has 0 saturated carbocycles. The van der Waals surface area contributed by atoms with Crippen molar-refractivity contribution >= 4 is 46.5 Å². The lowest BCUT2D eigenvalue weighted by Gasteiger charge is -2.14. The minimum atomic E-state index is -0.636. The maximum atomic E-state index is 12.6. The fraction of sp³-hybridized carbons (Fsp3) is 0.0870. The first-order chi connectivity index (χ1) is 15.7. The number of amides is 3. The van der Waals surface area contributed by atoms with Crippen LogP contribution < -0.4 is 16.4 Å². The van der Waals surface area contributed by atoms with E-state index >= 15 is 0 Å². The van der Waals surface area contributed by atoms with Crippen molar-refractivity contribution < 1.29 is 19.3 Å². The fourth-order valence-electron chi connectivity index (χ4n) is 2.88. The van der Waals surface area contributed by atoms with Gasteiger partial charge in [-0.05, 0) is 49.4 Å². The van der Waals surface area contributed by atoms with E-state index in [-0.39, 0.29) is 22.7 Å². The topological polar surface area (TPSA) is 144 Å². The van der Waals surface area contributed by atoms with Gasteiger partial charge in [-0.2, -0.15) is 0 Å². The second kappa shape index (κ2) is 10.4. The smallest absolute Gasteiger partial charge is 0.269 e. The predicted octanol–water partition coefficient (Wildman–Crippen LogP) is 4.07. The van der Waals surface area contributed by atoms with Crippen molar-refractivity contribution in [2.75, 3.05) is 10.6 Å². The van der Waals surface area contributed by atoms with E-state index in [0.717, 1.165) is 4.90 Å². The molecule has 0 aromatic heterocycles. The highest BCUT2D eigenvalue weighted by atomic mass is 32.2. The van der Waals surface area contributed by atoms with Gasteiger partial charge >= 0.3 is 0 Å². The number of anilines is 2. The van der Waals surface area contributed by atoms with E-state index < -0.39 is 22.0 Å². The lowest BCUT2D eigenvalue weighted by Crippen LogP contribution is -2.24. The molecule has 3 amide bonds. The molecule has 1 atom stereocenters. The number of nitrogens with zero attached hydrogens (tertiary/aromatic N) is 1. The molecule has 0 bridgehead atoms. The van der Waals surface area contributed by atoms with Crippen LogP contribution in [0.15, 0.2) is 77.7 Å². The molecule has 0 saturated heterocycles. The summed E-state index contributed by atoms with van der Waals surface area (Å²) in [5.41, 5.74) is 6.60. The molecule has 0 heterocycles. The van der Waals surface area contributed by atoms with Gasteiger partial charge in [-0.15, -0.1) is 11.8 Å². The van der Waals surface area contributed by atoms with Gasteiger partial charge in [-0.1, -0.05) is 18.2 Å². The Balaban J connectivity index is 1.64. The summed E-state index contributed by atoms with van der Waals surface area (Å²) in [4.78, 5) is 47.5. The fourth-order valence-corrected chi connectivity index (χ4v) is 3.81. The van der Waals surface area contributed by atoms with E-state index in [1.807, 2.05) is 0 Å². The Kier molecular flexibility index (Phi) is 7.42. The second-order valence-electron chi connectivity index (χ2n) is 6.95. The number of rotatable bonds is 8. The van der Waals surface area contributed by atoms with Crippen molar-refractivity contribution in [1.82, 2.24) is 0 Å². The van der Waals surface area contributed by atoms with Crippen LogP contribution in [0.5, 0.6) is 0 Å². The zero-order valence-corrected chi connectivity index (χ0v) is 18.3. The van der Waals surface area contributed by atoms with Crippen molar-refractivity contribution in [1.29, 1.82) is 0 Å². The number of non-ortho nitro benzene ring substituents is 1. The first-order valence-electron chi connectivity index (χ1n) is 9.77. The van der Waals surface area contributed by atoms with Crippen LogP contribution in [0.2, 0.25) is 0 Å². The summed E-state index contributed by atoms with van der Waals surface area (Å²) >= 11 is 1.27. The first kappa shape index (κ1) is 23.5. The van der Waals surface area contributed by atoms with Gasteiger partial charge in [0.1, 0.15) is 0 Å². The van der Waals surface area contributed by atoms with E-state index in [2.05, 4.69) is 10.6 Å². The minimum absolute atomic E-state index is 0.101. The maximum Gasteiger partial charge on any atom is 0.269 e. The summed E-state index contributed by atoms with van der Waals surface area (Å²) in [6, 6.07) is 18.7. The second-order valence-corrected chi connectivity index (χ2v) is 8.36. The molecule has 33 heavy (non-hydrogen) atoms. The Morgan fingerprint density at radius 1 is 0.970 bits per heavy atom. The summed E-state index contributed by atoms with van der Waals surface area (Å²) in [7, 11) is 0. The third-order valence-corrected chi connectivity index (χ3v) is 5.66. The maximum absolute atomic E-state index is 12.6. The van der Waals surface area contributed by atoms with Gasteiger partial charge < -0.3 is 16.4 Å². The van der Waals surface area contributed by atoms with Crippen molar-refractivity contribution in [2.45, 2.75) is 17.1 Å². The Bertz CT molecular complexity index is 1210. The summed E-state index contributed by atoms with van der Waals surface area (Å²) in [5, 5.41) is 15.7. The van der Waals surface area contributed by atoms with Crippen LogP contribution in [-0.2, 0) is 4.79 Å².